The van der Waals surface area contributed by atoms with Gasteiger partial charge in [-0.05, 0) is 55.2 Å². The molecule has 1 aliphatic carbocycles. The molecule has 9 nitrogen and oxygen atoms in total. The molecule has 2 amide bonds. The van der Waals surface area contributed by atoms with Crippen LogP contribution >= 0.6 is 0 Å². The molecular formula is C24H21FN4O5S2. The number of nitrogens with zero attached hydrogens (tertiary/aromatic N) is 4. The topological polar surface area (TPSA) is 139 Å². The molecule has 1 aliphatic heterocycles. The number of sulfone groups is 1. The molecule has 36 heavy (non-hydrogen) atoms. The van der Waals surface area contributed by atoms with Gasteiger partial charge >= 0.3 is 6.03 Å². The van der Waals surface area contributed by atoms with Crippen LogP contribution in [0.2, 0.25) is 0 Å². The highest BCUT2D eigenvalue weighted by molar-refractivity contribution is 7.91. The van der Waals surface area contributed by atoms with E-state index in [2.05, 4.69) is 0 Å². The molecule has 186 valence electrons. The number of rotatable bonds is 6. The summed E-state index contributed by atoms with van der Waals surface area (Å²) in [4.78, 5) is 14.5. The first-order valence-electron chi connectivity index (χ1n) is 10.8. The maximum absolute atomic E-state index is 13.9. The summed E-state index contributed by atoms with van der Waals surface area (Å²) in [5.41, 5.74) is 0.229. The first kappa shape index (κ1) is 25.4. The fraction of sp³-hybridized carbons (Fsp3) is 0.292. The van der Waals surface area contributed by atoms with Gasteiger partial charge in [0, 0.05) is 12.0 Å². The van der Waals surface area contributed by atoms with Gasteiger partial charge in [0.2, 0.25) is 10.0 Å². The van der Waals surface area contributed by atoms with Gasteiger partial charge in [0.15, 0.2) is 9.84 Å². The van der Waals surface area contributed by atoms with Crippen LogP contribution in [0, 0.1) is 22.7 Å². The SMILES string of the molecule is CC1=C(C#N)[C@@H](c2ccc(C#N)cc2S(C)(=O)=O)N(S(=O)(=O)C2CC2)C(=O)N1c1cccc(CF)c1. The first-order valence-corrected chi connectivity index (χ1v) is 14.2. The van der Waals surface area contributed by atoms with Crippen LogP contribution in [-0.4, -0.2) is 38.7 Å². The van der Waals surface area contributed by atoms with Crippen LogP contribution in [0.3, 0.4) is 0 Å². The third-order valence-corrected chi connectivity index (χ3v) is 9.49. The first-order chi connectivity index (χ1) is 16.9. The second-order valence-electron chi connectivity index (χ2n) is 8.61. The zero-order valence-corrected chi connectivity index (χ0v) is 21.0. The smallest absolute Gasteiger partial charge is 0.265 e. The van der Waals surface area contributed by atoms with E-state index in [1.54, 1.807) is 0 Å². The van der Waals surface area contributed by atoms with E-state index < -0.39 is 43.9 Å². The number of allylic oxidation sites excluding steroid dienone is 1. The molecule has 4 rings (SSSR count). The van der Waals surface area contributed by atoms with E-state index in [0.717, 1.165) is 17.2 Å². The van der Waals surface area contributed by atoms with Gasteiger partial charge in [0.1, 0.15) is 12.7 Å². The minimum atomic E-state index is -4.31. The van der Waals surface area contributed by atoms with Crippen LogP contribution in [0.5, 0.6) is 0 Å². The third-order valence-electron chi connectivity index (χ3n) is 6.11. The quantitative estimate of drug-likeness (QED) is 0.557. The lowest BCUT2D eigenvalue weighted by molar-refractivity contribution is 0.220. The Labute approximate surface area is 208 Å². The van der Waals surface area contributed by atoms with Crippen molar-refractivity contribution >= 4 is 31.6 Å². The Hall–Kier alpha value is -3.74. The molecule has 1 atom stereocenters. The van der Waals surface area contributed by atoms with E-state index in [9.17, 15) is 36.5 Å². The minimum Gasteiger partial charge on any atom is -0.265 e. The number of anilines is 1. The normalized spacial score (nSPS) is 18.7. The summed E-state index contributed by atoms with van der Waals surface area (Å²) in [5, 5.41) is 18.6. The van der Waals surface area contributed by atoms with Crippen molar-refractivity contribution in [1.29, 1.82) is 10.5 Å². The Morgan fingerprint density at radius 3 is 2.31 bits per heavy atom. The van der Waals surface area contributed by atoms with E-state index >= 15 is 0 Å². The molecular weight excluding hydrogens is 507 g/mol. The van der Waals surface area contributed by atoms with E-state index in [1.165, 1.54) is 43.3 Å². The fourth-order valence-electron chi connectivity index (χ4n) is 4.23. The Balaban J connectivity index is 2.06. The molecule has 1 heterocycles. The monoisotopic (exact) mass is 528 g/mol. The van der Waals surface area contributed by atoms with Crippen LogP contribution in [0.1, 0.15) is 42.5 Å². The minimum absolute atomic E-state index is 0.0155. The number of urea groups is 1. The maximum Gasteiger partial charge on any atom is 0.343 e. The fourth-order valence-corrected chi connectivity index (χ4v) is 7.04. The van der Waals surface area contributed by atoms with E-state index in [4.69, 9.17) is 0 Å². The number of hydrogen-bond acceptors (Lipinski definition) is 7. The van der Waals surface area contributed by atoms with Crippen molar-refractivity contribution in [2.45, 2.75) is 42.6 Å². The lowest BCUT2D eigenvalue weighted by atomic mass is 9.94. The number of halogens is 1. The van der Waals surface area contributed by atoms with Crippen molar-refractivity contribution in [2.75, 3.05) is 11.2 Å². The number of sulfonamides is 1. The van der Waals surface area contributed by atoms with Crippen molar-refractivity contribution in [3.63, 3.8) is 0 Å². The lowest BCUT2D eigenvalue weighted by Gasteiger charge is -2.41. The van der Waals surface area contributed by atoms with Crippen LogP contribution in [0.15, 0.2) is 58.6 Å². The van der Waals surface area contributed by atoms with Crippen molar-refractivity contribution in [3.8, 4) is 12.1 Å². The number of hydrogen-bond donors (Lipinski definition) is 0. The van der Waals surface area contributed by atoms with Gasteiger partial charge < -0.3 is 0 Å². The van der Waals surface area contributed by atoms with Crippen molar-refractivity contribution in [3.05, 3.63) is 70.4 Å². The molecule has 0 unspecified atom stereocenters. The van der Waals surface area contributed by atoms with Crippen molar-refractivity contribution in [1.82, 2.24) is 4.31 Å². The largest absolute Gasteiger partial charge is 0.343 e. The Morgan fingerprint density at radius 1 is 1.06 bits per heavy atom. The van der Waals surface area contributed by atoms with Gasteiger partial charge in [0.05, 0.1) is 39.1 Å². The summed E-state index contributed by atoms with van der Waals surface area (Å²) in [7, 11) is -8.31. The summed E-state index contributed by atoms with van der Waals surface area (Å²) in [6, 6.07) is 10.8. The highest BCUT2D eigenvalue weighted by Crippen LogP contribution is 2.45. The summed E-state index contributed by atoms with van der Waals surface area (Å²) < 4.78 is 66.4. The molecule has 2 aromatic carbocycles. The summed E-state index contributed by atoms with van der Waals surface area (Å²) in [5.74, 6) is 0. The average Bonchev–Trinajstić information content (AvgIpc) is 3.69. The predicted octanol–water partition coefficient (Wildman–Crippen LogP) is 3.70. The molecule has 0 bridgehead atoms. The van der Waals surface area contributed by atoms with E-state index in [0.29, 0.717) is 17.1 Å². The summed E-state index contributed by atoms with van der Waals surface area (Å²) >= 11 is 0. The molecule has 1 fully saturated rings. The standard InChI is InChI=1S/C24H21FN4O5S2/c1-15-21(14-27)23(20-9-6-17(13-26)11-22(20)35(2,31)32)29(36(33,34)19-7-8-19)24(30)28(15)18-5-3-4-16(10-18)12-25/h3-6,9-11,19,23H,7-8,12H2,1-2H3/t23-/m1/s1. The second-order valence-corrected chi connectivity index (χ2v) is 12.7. The van der Waals surface area contributed by atoms with Gasteiger partial charge in [0.25, 0.3) is 0 Å². The molecule has 0 N–H and O–H groups in total. The van der Waals surface area contributed by atoms with Crippen molar-refractivity contribution < 1.29 is 26.0 Å². The zero-order chi connectivity index (χ0) is 26.4. The number of carbonyl (C=O) groups excluding carboxylic acids is 1. The Morgan fingerprint density at radius 2 is 1.75 bits per heavy atom. The van der Waals surface area contributed by atoms with E-state index in [-0.39, 0.29) is 38.5 Å². The Bertz CT molecular complexity index is 1600. The van der Waals surface area contributed by atoms with Gasteiger partial charge in [-0.15, -0.1) is 0 Å². The summed E-state index contributed by atoms with van der Waals surface area (Å²) in [6.45, 7) is 0.621. The van der Waals surface area contributed by atoms with Crippen molar-refractivity contribution in [2.24, 2.45) is 0 Å². The number of alkyl halides is 1. The molecule has 0 saturated heterocycles. The lowest BCUT2D eigenvalue weighted by Crippen LogP contribution is -2.53. The third kappa shape index (κ3) is 4.23. The number of amides is 2. The maximum atomic E-state index is 13.9. The predicted molar refractivity (Wildman–Crippen MR) is 128 cm³/mol. The number of nitriles is 2. The molecule has 0 radical (unpaired) electrons. The van der Waals surface area contributed by atoms with Crippen LogP contribution < -0.4 is 4.90 Å². The summed E-state index contributed by atoms with van der Waals surface area (Å²) in [6.07, 6.45) is 1.52. The Kier molecular flexibility index (Phi) is 6.37. The van der Waals surface area contributed by atoms with Gasteiger partial charge in [-0.25, -0.2) is 30.3 Å². The van der Waals surface area contributed by atoms with Gasteiger partial charge in [-0.1, -0.05) is 18.2 Å². The molecule has 0 aromatic heterocycles. The van der Waals surface area contributed by atoms with Gasteiger partial charge in [-0.3, -0.25) is 4.90 Å². The number of benzene rings is 2. The molecule has 12 heteroatoms. The van der Waals surface area contributed by atoms with Crippen LogP contribution in [0.25, 0.3) is 0 Å². The van der Waals surface area contributed by atoms with E-state index in [1.807, 2.05) is 12.1 Å². The number of carbonyl (C=O) groups is 1. The highest BCUT2D eigenvalue weighted by Gasteiger charge is 2.52. The molecule has 0 spiro atoms. The van der Waals surface area contributed by atoms with Crippen LogP contribution in [0.4, 0.5) is 14.9 Å². The molecule has 2 aliphatic rings. The average molecular weight is 529 g/mol. The van der Waals surface area contributed by atoms with Crippen LogP contribution in [-0.2, 0) is 26.5 Å². The highest BCUT2D eigenvalue weighted by atomic mass is 32.2. The van der Waals surface area contributed by atoms with Gasteiger partial charge in [-0.2, -0.15) is 10.5 Å². The molecule has 1 saturated carbocycles. The second kappa shape index (κ2) is 9.04. The molecule has 2 aromatic rings. The zero-order valence-electron chi connectivity index (χ0n) is 19.3.